The Morgan fingerprint density at radius 3 is 2.61 bits per heavy atom. The number of methoxy groups -OCH3 is 2. The number of aromatic nitrogens is 1. The molecular formula is C22H25N3O3. The zero-order valence-electron chi connectivity index (χ0n) is 16.2. The second kappa shape index (κ2) is 7.84. The number of fused-ring (bicyclic) bond motifs is 3. The maximum absolute atomic E-state index is 12.5. The fourth-order valence-corrected chi connectivity index (χ4v) is 3.85. The first-order chi connectivity index (χ1) is 13.7. The summed E-state index contributed by atoms with van der Waals surface area (Å²) in [7, 11) is 3.32. The first-order valence-electron chi connectivity index (χ1n) is 9.53. The summed E-state index contributed by atoms with van der Waals surface area (Å²) in [5.74, 6) is 1.65. The molecule has 3 aromatic rings. The van der Waals surface area contributed by atoms with Crippen LogP contribution in [0.3, 0.4) is 0 Å². The highest BCUT2D eigenvalue weighted by molar-refractivity contribution is 5.87. The van der Waals surface area contributed by atoms with Crippen LogP contribution in [-0.2, 0) is 13.0 Å². The number of carbonyl (C=O) groups excluding carboxylic acids is 1. The number of ether oxygens (including phenoxy) is 2. The van der Waals surface area contributed by atoms with Crippen LogP contribution in [0.5, 0.6) is 11.5 Å². The monoisotopic (exact) mass is 379 g/mol. The van der Waals surface area contributed by atoms with Crippen molar-refractivity contribution in [1.29, 1.82) is 0 Å². The van der Waals surface area contributed by atoms with Crippen LogP contribution < -0.4 is 20.1 Å². The maximum Gasteiger partial charge on any atom is 0.315 e. The van der Waals surface area contributed by atoms with Gasteiger partial charge in [0, 0.05) is 23.1 Å². The molecule has 1 aliphatic rings. The summed E-state index contributed by atoms with van der Waals surface area (Å²) in [5, 5.41) is 7.24. The quantitative estimate of drug-likeness (QED) is 0.626. The lowest BCUT2D eigenvalue weighted by Gasteiger charge is -2.24. The van der Waals surface area contributed by atoms with Crippen LogP contribution in [0.25, 0.3) is 10.9 Å². The summed E-state index contributed by atoms with van der Waals surface area (Å²) in [6.45, 7) is 0.472. The Balaban J connectivity index is 1.44. The number of H-pyrrole nitrogens is 1. The number of benzene rings is 2. The van der Waals surface area contributed by atoms with Crippen LogP contribution in [0.15, 0.2) is 42.5 Å². The van der Waals surface area contributed by atoms with E-state index in [1.165, 1.54) is 10.9 Å². The van der Waals surface area contributed by atoms with Crippen LogP contribution in [-0.4, -0.2) is 25.2 Å². The molecule has 6 nitrogen and oxygen atoms in total. The minimum atomic E-state index is -0.162. The van der Waals surface area contributed by atoms with Gasteiger partial charge in [0.25, 0.3) is 0 Å². The van der Waals surface area contributed by atoms with E-state index in [0.717, 1.165) is 47.5 Å². The van der Waals surface area contributed by atoms with Gasteiger partial charge >= 0.3 is 6.03 Å². The van der Waals surface area contributed by atoms with Gasteiger partial charge in [-0.2, -0.15) is 0 Å². The molecule has 1 aromatic heterocycles. The molecule has 0 saturated heterocycles. The van der Waals surface area contributed by atoms with E-state index in [2.05, 4.69) is 21.7 Å². The molecule has 4 rings (SSSR count). The molecular weight excluding hydrogens is 354 g/mol. The fourth-order valence-electron chi connectivity index (χ4n) is 3.85. The van der Waals surface area contributed by atoms with E-state index in [0.29, 0.717) is 6.54 Å². The predicted octanol–water partition coefficient (Wildman–Crippen LogP) is 4.06. The van der Waals surface area contributed by atoms with Gasteiger partial charge in [0.15, 0.2) is 0 Å². The Hall–Kier alpha value is -3.15. The minimum Gasteiger partial charge on any atom is -0.497 e. The fraction of sp³-hybridized carbons (Fsp3) is 0.318. The van der Waals surface area contributed by atoms with E-state index in [9.17, 15) is 4.79 Å². The summed E-state index contributed by atoms with van der Waals surface area (Å²) in [5.41, 5.74) is 4.49. The van der Waals surface area contributed by atoms with Crippen LogP contribution in [0, 0.1) is 0 Å². The number of rotatable bonds is 5. The molecule has 3 N–H and O–H groups in total. The van der Waals surface area contributed by atoms with Gasteiger partial charge in [0.1, 0.15) is 11.5 Å². The predicted molar refractivity (Wildman–Crippen MR) is 109 cm³/mol. The Labute approximate surface area is 164 Å². The molecule has 1 atom stereocenters. The summed E-state index contributed by atoms with van der Waals surface area (Å²) in [6.07, 6.45) is 2.97. The molecule has 1 aliphatic carbocycles. The Morgan fingerprint density at radius 2 is 1.86 bits per heavy atom. The second-order valence-corrected chi connectivity index (χ2v) is 7.05. The first kappa shape index (κ1) is 18.2. The molecule has 2 amide bonds. The number of hydrogen-bond acceptors (Lipinski definition) is 3. The van der Waals surface area contributed by atoms with Crippen LogP contribution in [0.2, 0.25) is 0 Å². The van der Waals surface area contributed by atoms with E-state index < -0.39 is 0 Å². The van der Waals surface area contributed by atoms with Gasteiger partial charge in [-0.15, -0.1) is 0 Å². The van der Waals surface area contributed by atoms with Crippen molar-refractivity contribution in [3.05, 3.63) is 59.3 Å². The Kier molecular flexibility index (Phi) is 5.10. The Morgan fingerprint density at radius 1 is 1.11 bits per heavy atom. The molecule has 0 aliphatic heterocycles. The molecule has 6 heteroatoms. The number of hydrogen-bond donors (Lipinski definition) is 3. The van der Waals surface area contributed by atoms with Gasteiger partial charge < -0.3 is 25.1 Å². The molecule has 0 bridgehead atoms. The molecule has 28 heavy (non-hydrogen) atoms. The van der Waals surface area contributed by atoms with Crippen molar-refractivity contribution in [3.63, 3.8) is 0 Å². The molecule has 0 spiro atoms. The lowest BCUT2D eigenvalue weighted by Crippen LogP contribution is -2.38. The Bertz CT molecular complexity index is 979. The number of nitrogens with one attached hydrogen (secondary N) is 3. The first-order valence-corrected chi connectivity index (χ1v) is 9.53. The number of aryl methyl sites for hydroxylation is 1. The number of urea groups is 1. The van der Waals surface area contributed by atoms with E-state index in [1.54, 1.807) is 14.2 Å². The third-order valence-electron chi connectivity index (χ3n) is 5.33. The van der Waals surface area contributed by atoms with Crippen molar-refractivity contribution >= 4 is 16.9 Å². The lowest BCUT2D eigenvalue weighted by molar-refractivity contribution is 0.235. The van der Waals surface area contributed by atoms with Gasteiger partial charge in [-0.1, -0.05) is 12.1 Å². The minimum absolute atomic E-state index is 0.0157. The van der Waals surface area contributed by atoms with Gasteiger partial charge in [-0.05, 0) is 60.7 Å². The molecule has 0 fully saturated rings. The van der Waals surface area contributed by atoms with E-state index >= 15 is 0 Å². The molecule has 146 valence electrons. The lowest BCUT2D eigenvalue weighted by atomic mass is 9.92. The van der Waals surface area contributed by atoms with E-state index in [1.807, 2.05) is 36.4 Å². The maximum atomic E-state index is 12.5. The standard InChI is InChI=1S/C22H25N3O3/c1-27-15-8-6-14(7-9-15)13-23-22(26)25-20-5-3-4-17-18-12-16(28-2)10-11-19(18)24-21(17)20/h6-12,20,24H,3-5,13H2,1-2H3,(H2,23,25,26). The highest BCUT2D eigenvalue weighted by Crippen LogP contribution is 2.36. The molecule has 1 unspecified atom stereocenters. The van der Waals surface area contributed by atoms with E-state index in [4.69, 9.17) is 9.47 Å². The van der Waals surface area contributed by atoms with Crippen molar-refractivity contribution in [2.75, 3.05) is 14.2 Å². The largest absolute Gasteiger partial charge is 0.497 e. The molecule has 2 aromatic carbocycles. The number of amides is 2. The summed E-state index contributed by atoms with van der Waals surface area (Å²) < 4.78 is 10.5. The SMILES string of the molecule is COc1ccc(CNC(=O)NC2CCCc3c2[nH]c2ccc(OC)cc32)cc1. The van der Waals surface area contributed by atoms with Gasteiger partial charge in [0.05, 0.1) is 20.3 Å². The summed E-state index contributed by atoms with van der Waals surface area (Å²) in [6, 6.07) is 13.6. The van der Waals surface area contributed by atoms with Gasteiger partial charge in [-0.25, -0.2) is 4.79 Å². The van der Waals surface area contributed by atoms with Crippen molar-refractivity contribution in [2.24, 2.45) is 0 Å². The highest BCUT2D eigenvalue weighted by atomic mass is 16.5. The van der Waals surface area contributed by atoms with Crippen LogP contribution >= 0.6 is 0 Å². The molecule has 1 heterocycles. The summed E-state index contributed by atoms with van der Waals surface area (Å²) >= 11 is 0. The van der Waals surface area contributed by atoms with E-state index in [-0.39, 0.29) is 12.1 Å². The third-order valence-corrected chi connectivity index (χ3v) is 5.33. The smallest absolute Gasteiger partial charge is 0.315 e. The third kappa shape index (κ3) is 3.63. The number of carbonyl (C=O) groups is 1. The zero-order valence-corrected chi connectivity index (χ0v) is 16.2. The number of aromatic amines is 1. The second-order valence-electron chi connectivity index (χ2n) is 7.05. The normalized spacial score (nSPS) is 15.7. The zero-order chi connectivity index (χ0) is 19.5. The van der Waals surface area contributed by atoms with Gasteiger partial charge in [-0.3, -0.25) is 0 Å². The van der Waals surface area contributed by atoms with Crippen LogP contribution in [0.4, 0.5) is 4.79 Å². The molecule has 0 radical (unpaired) electrons. The average Bonchev–Trinajstić information content (AvgIpc) is 3.11. The highest BCUT2D eigenvalue weighted by Gasteiger charge is 2.25. The average molecular weight is 379 g/mol. The van der Waals surface area contributed by atoms with Gasteiger partial charge in [0.2, 0.25) is 0 Å². The van der Waals surface area contributed by atoms with Crippen molar-refractivity contribution in [3.8, 4) is 11.5 Å². The molecule has 0 saturated carbocycles. The van der Waals surface area contributed by atoms with Crippen molar-refractivity contribution in [2.45, 2.75) is 31.8 Å². The van der Waals surface area contributed by atoms with Crippen LogP contribution in [0.1, 0.15) is 35.7 Å². The topological polar surface area (TPSA) is 75.4 Å². The van der Waals surface area contributed by atoms with Crippen molar-refractivity contribution < 1.29 is 14.3 Å². The van der Waals surface area contributed by atoms with Crippen molar-refractivity contribution in [1.82, 2.24) is 15.6 Å². The summed E-state index contributed by atoms with van der Waals surface area (Å²) in [4.78, 5) is 15.9.